The summed E-state index contributed by atoms with van der Waals surface area (Å²) in [7, 11) is 0. The SMILES string of the molecule is CC(Cn1cc([N+](=O)[O-])cn1)C(=O)NCCCC(=O)Cl. The van der Waals surface area contributed by atoms with Gasteiger partial charge in [-0.1, -0.05) is 6.92 Å². The Kier molecular flexibility index (Phi) is 6.10. The molecule has 9 heteroatoms. The van der Waals surface area contributed by atoms with Crippen LogP contribution in [0.25, 0.3) is 0 Å². The smallest absolute Gasteiger partial charge is 0.306 e. The molecule has 0 aromatic carbocycles. The molecule has 1 unspecified atom stereocenters. The number of carbonyl (C=O) groups excluding carboxylic acids is 2. The summed E-state index contributed by atoms with van der Waals surface area (Å²) in [5.41, 5.74) is -0.113. The van der Waals surface area contributed by atoms with E-state index in [0.29, 0.717) is 13.0 Å². The topological polar surface area (TPSA) is 107 Å². The van der Waals surface area contributed by atoms with Gasteiger partial charge in [0.05, 0.1) is 17.4 Å². The Labute approximate surface area is 120 Å². The molecule has 1 N–H and O–H groups in total. The van der Waals surface area contributed by atoms with E-state index < -0.39 is 10.2 Å². The predicted molar refractivity (Wildman–Crippen MR) is 71.1 cm³/mol. The fourth-order valence-corrected chi connectivity index (χ4v) is 1.66. The summed E-state index contributed by atoms with van der Waals surface area (Å²) < 4.78 is 1.35. The van der Waals surface area contributed by atoms with Crippen molar-refractivity contribution in [1.82, 2.24) is 15.1 Å². The van der Waals surface area contributed by atoms with Crippen molar-refractivity contribution in [3.8, 4) is 0 Å². The number of hydrogen-bond donors (Lipinski definition) is 1. The normalized spacial score (nSPS) is 11.9. The first kappa shape index (κ1) is 16.1. The number of hydrogen-bond acceptors (Lipinski definition) is 5. The Balaban J connectivity index is 2.37. The van der Waals surface area contributed by atoms with Crippen molar-refractivity contribution in [2.75, 3.05) is 6.54 Å². The fourth-order valence-electron chi connectivity index (χ4n) is 1.52. The Hall–Kier alpha value is -1.96. The molecule has 1 aromatic heterocycles. The van der Waals surface area contributed by atoms with E-state index in [1.165, 1.54) is 10.9 Å². The standard InChI is InChI=1S/C11H15ClN4O4/c1-8(11(18)13-4-2-3-10(12)17)6-15-7-9(5-14-15)16(19)20/h5,7-8H,2-4,6H2,1H3,(H,13,18). The zero-order valence-electron chi connectivity index (χ0n) is 10.9. The van der Waals surface area contributed by atoms with E-state index in [0.717, 1.165) is 6.20 Å². The first-order valence-corrected chi connectivity index (χ1v) is 6.41. The molecule has 1 aromatic rings. The molecule has 1 amide bonds. The second kappa shape index (κ2) is 7.59. The molecule has 1 heterocycles. The third-order valence-electron chi connectivity index (χ3n) is 2.59. The summed E-state index contributed by atoms with van der Waals surface area (Å²) in [5, 5.41) is 16.5. The minimum Gasteiger partial charge on any atom is -0.356 e. The monoisotopic (exact) mass is 302 g/mol. The maximum Gasteiger partial charge on any atom is 0.306 e. The second-order valence-electron chi connectivity index (χ2n) is 4.33. The molecule has 0 aliphatic carbocycles. The maximum absolute atomic E-state index is 11.7. The van der Waals surface area contributed by atoms with Crippen molar-refractivity contribution in [3.05, 3.63) is 22.5 Å². The van der Waals surface area contributed by atoms with E-state index in [-0.39, 0.29) is 30.5 Å². The third-order valence-corrected chi connectivity index (χ3v) is 2.78. The van der Waals surface area contributed by atoms with Gasteiger partial charge in [0, 0.05) is 13.0 Å². The first-order chi connectivity index (χ1) is 9.40. The highest BCUT2D eigenvalue weighted by atomic mass is 35.5. The van der Waals surface area contributed by atoms with Crippen LogP contribution in [0.15, 0.2) is 12.4 Å². The largest absolute Gasteiger partial charge is 0.356 e. The molecule has 0 bridgehead atoms. The number of nitrogens with zero attached hydrogens (tertiary/aromatic N) is 3. The lowest BCUT2D eigenvalue weighted by Gasteiger charge is -2.11. The molecule has 20 heavy (non-hydrogen) atoms. The number of nitrogens with one attached hydrogen (secondary N) is 1. The van der Waals surface area contributed by atoms with E-state index >= 15 is 0 Å². The van der Waals surface area contributed by atoms with Crippen LogP contribution < -0.4 is 5.32 Å². The fraction of sp³-hybridized carbons (Fsp3) is 0.545. The van der Waals surface area contributed by atoms with Crippen molar-refractivity contribution < 1.29 is 14.5 Å². The van der Waals surface area contributed by atoms with Gasteiger partial charge in [-0.25, -0.2) is 0 Å². The van der Waals surface area contributed by atoms with Gasteiger partial charge in [-0.15, -0.1) is 0 Å². The van der Waals surface area contributed by atoms with E-state index in [1.807, 2.05) is 0 Å². The molecule has 0 aliphatic heterocycles. The number of halogens is 1. The van der Waals surface area contributed by atoms with Crippen molar-refractivity contribution >= 4 is 28.4 Å². The van der Waals surface area contributed by atoms with Crippen molar-refractivity contribution in [3.63, 3.8) is 0 Å². The second-order valence-corrected chi connectivity index (χ2v) is 4.75. The first-order valence-electron chi connectivity index (χ1n) is 6.03. The van der Waals surface area contributed by atoms with Crippen LogP contribution in [0.3, 0.4) is 0 Å². The number of rotatable bonds is 8. The van der Waals surface area contributed by atoms with Gasteiger partial charge in [0.1, 0.15) is 12.4 Å². The van der Waals surface area contributed by atoms with Crippen molar-refractivity contribution in [1.29, 1.82) is 0 Å². The summed E-state index contributed by atoms with van der Waals surface area (Å²) in [5.74, 6) is -0.591. The van der Waals surface area contributed by atoms with Crippen LogP contribution in [0.4, 0.5) is 5.69 Å². The van der Waals surface area contributed by atoms with Crippen LogP contribution in [0.5, 0.6) is 0 Å². The average molecular weight is 303 g/mol. The molecule has 110 valence electrons. The highest BCUT2D eigenvalue weighted by Crippen LogP contribution is 2.09. The number of carbonyl (C=O) groups is 2. The number of amides is 1. The van der Waals surface area contributed by atoms with Crippen LogP contribution >= 0.6 is 11.6 Å². The lowest BCUT2D eigenvalue weighted by atomic mass is 10.1. The Morgan fingerprint density at radius 3 is 2.85 bits per heavy atom. The van der Waals surface area contributed by atoms with Gasteiger partial charge in [-0.3, -0.25) is 24.4 Å². The van der Waals surface area contributed by atoms with Crippen LogP contribution in [-0.2, 0) is 16.1 Å². The summed E-state index contributed by atoms with van der Waals surface area (Å²) >= 11 is 5.17. The van der Waals surface area contributed by atoms with E-state index in [2.05, 4.69) is 10.4 Å². The third kappa shape index (κ3) is 5.35. The zero-order valence-corrected chi connectivity index (χ0v) is 11.7. The summed E-state index contributed by atoms with van der Waals surface area (Å²) in [6.07, 6.45) is 3.10. The Morgan fingerprint density at radius 1 is 1.60 bits per heavy atom. The highest BCUT2D eigenvalue weighted by molar-refractivity contribution is 6.63. The van der Waals surface area contributed by atoms with E-state index in [9.17, 15) is 19.7 Å². The van der Waals surface area contributed by atoms with Gasteiger partial charge in [0.2, 0.25) is 11.1 Å². The lowest BCUT2D eigenvalue weighted by molar-refractivity contribution is -0.385. The van der Waals surface area contributed by atoms with Gasteiger partial charge in [0.25, 0.3) is 0 Å². The van der Waals surface area contributed by atoms with Crippen molar-refractivity contribution in [2.45, 2.75) is 26.3 Å². The van der Waals surface area contributed by atoms with Crippen LogP contribution in [0.1, 0.15) is 19.8 Å². The lowest BCUT2D eigenvalue weighted by Crippen LogP contribution is -2.32. The summed E-state index contributed by atoms with van der Waals surface area (Å²) in [6.45, 7) is 2.30. The van der Waals surface area contributed by atoms with Crippen LogP contribution in [-0.4, -0.2) is 32.4 Å². The van der Waals surface area contributed by atoms with Crippen molar-refractivity contribution in [2.24, 2.45) is 5.92 Å². The molecule has 0 saturated heterocycles. The van der Waals surface area contributed by atoms with Gasteiger partial charge < -0.3 is 5.32 Å². The van der Waals surface area contributed by atoms with Gasteiger partial charge >= 0.3 is 5.69 Å². The molecule has 0 radical (unpaired) electrons. The maximum atomic E-state index is 11.7. The average Bonchev–Trinajstić information content (AvgIpc) is 2.82. The predicted octanol–water partition coefficient (Wildman–Crippen LogP) is 1.09. The molecular formula is C11H15ClN4O4. The molecule has 0 spiro atoms. The Bertz CT molecular complexity index is 502. The van der Waals surface area contributed by atoms with Crippen LogP contribution in [0.2, 0.25) is 0 Å². The van der Waals surface area contributed by atoms with Gasteiger partial charge in [-0.05, 0) is 18.0 Å². The molecule has 1 atom stereocenters. The van der Waals surface area contributed by atoms with Crippen LogP contribution in [0, 0.1) is 16.0 Å². The zero-order chi connectivity index (χ0) is 15.1. The molecule has 1 rings (SSSR count). The minimum absolute atomic E-state index is 0.113. The van der Waals surface area contributed by atoms with E-state index in [4.69, 9.17) is 11.6 Å². The Morgan fingerprint density at radius 2 is 2.30 bits per heavy atom. The quantitative estimate of drug-likeness (QED) is 0.335. The molecule has 0 saturated carbocycles. The molecule has 0 fully saturated rings. The minimum atomic E-state index is -0.544. The van der Waals surface area contributed by atoms with Gasteiger partial charge in [0.15, 0.2) is 0 Å². The molecular weight excluding hydrogens is 288 g/mol. The van der Waals surface area contributed by atoms with E-state index in [1.54, 1.807) is 6.92 Å². The summed E-state index contributed by atoms with van der Waals surface area (Å²) in [6, 6.07) is 0. The molecule has 0 aliphatic rings. The highest BCUT2D eigenvalue weighted by Gasteiger charge is 2.16. The molecule has 8 nitrogen and oxygen atoms in total. The van der Waals surface area contributed by atoms with Gasteiger partial charge in [-0.2, -0.15) is 5.10 Å². The summed E-state index contributed by atoms with van der Waals surface area (Å²) in [4.78, 5) is 32.2. The number of nitro groups is 1. The number of aromatic nitrogens is 2.